The lowest BCUT2D eigenvalue weighted by Gasteiger charge is -2.07. The number of hydrogen-bond acceptors (Lipinski definition) is 4. The van der Waals surface area contributed by atoms with Crippen molar-refractivity contribution in [3.8, 4) is 11.8 Å². The van der Waals surface area contributed by atoms with Crippen molar-refractivity contribution in [1.29, 1.82) is 5.26 Å². The first-order valence-corrected chi connectivity index (χ1v) is 6.32. The summed E-state index contributed by atoms with van der Waals surface area (Å²) in [5.41, 5.74) is 0.523. The second kappa shape index (κ2) is 8.53. The van der Waals surface area contributed by atoms with E-state index in [2.05, 4.69) is 10.6 Å². The van der Waals surface area contributed by atoms with Gasteiger partial charge in [0.15, 0.2) is 6.61 Å². The molecule has 0 bridgehead atoms. The van der Waals surface area contributed by atoms with Crippen molar-refractivity contribution >= 4 is 11.8 Å². The van der Waals surface area contributed by atoms with Gasteiger partial charge in [0, 0.05) is 6.54 Å². The number of ether oxygens (including phenoxy) is 1. The summed E-state index contributed by atoms with van der Waals surface area (Å²) in [6.07, 6.45) is 0.849. The van der Waals surface area contributed by atoms with Crippen LogP contribution in [0.15, 0.2) is 24.3 Å². The van der Waals surface area contributed by atoms with Crippen molar-refractivity contribution in [2.75, 3.05) is 19.7 Å². The summed E-state index contributed by atoms with van der Waals surface area (Å²) < 4.78 is 5.23. The van der Waals surface area contributed by atoms with Crippen LogP contribution in [0.25, 0.3) is 0 Å². The molecule has 0 heterocycles. The van der Waals surface area contributed by atoms with Gasteiger partial charge in [0.2, 0.25) is 5.91 Å². The van der Waals surface area contributed by atoms with E-state index in [4.69, 9.17) is 10.00 Å². The zero-order valence-corrected chi connectivity index (χ0v) is 11.3. The molecule has 1 aromatic carbocycles. The molecule has 0 spiro atoms. The zero-order chi connectivity index (χ0) is 14.8. The molecule has 0 atom stereocenters. The number of carbonyl (C=O) groups is 2. The fourth-order valence-corrected chi connectivity index (χ4v) is 1.33. The molecule has 0 radical (unpaired) electrons. The molecule has 0 saturated heterocycles. The van der Waals surface area contributed by atoms with Gasteiger partial charge in [0.25, 0.3) is 5.91 Å². The molecule has 0 fully saturated rings. The molecule has 2 N–H and O–H groups in total. The quantitative estimate of drug-likeness (QED) is 0.761. The van der Waals surface area contributed by atoms with E-state index in [0.29, 0.717) is 17.9 Å². The topological polar surface area (TPSA) is 91.2 Å². The number of nitrogens with zero attached hydrogens (tertiary/aromatic N) is 1. The van der Waals surface area contributed by atoms with Crippen LogP contribution >= 0.6 is 0 Å². The third-order valence-electron chi connectivity index (χ3n) is 2.37. The lowest BCUT2D eigenvalue weighted by molar-refractivity contribution is -0.127. The Morgan fingerprint density at radius 1 is 1.20 bits per heavy atom. The van der Waals surface area contributed by atoms with Crippen molar-refractivity contribution in [2.45, 2.75) is 13.3 Å². The predicted molar refractivity (Wildman–Crippen MR) is 73.0 cm³/mol. The highest BCUT2D eigenvalue weighted by Gasteiger charge is 2.05. The third-order valence-corrected chi connectivity index (χ3v) is 2.37. The fourth-order valence-electron chi connectivity index (χ4n) is 1.33. The van der Waals surface area contributed by atoms with E-state index in [-0.39, 0.29) is 25.0 Å². The fraction of sp³-hybridized carbons (Fsp3) is 0.357. The summed E-state index contributed by atoms with van der Waals surface area (Å²) >= 11 is 0. The Hall–Kier alpha value is -2.55. The van der Waals surface area contributed by atoms with Gasteiger partial charge < -0.3 is 15.4 Å². The second-order valence-electron chi connectivity index (χ2n) is 4.05. The van der Waals surface area contributed by atoms with E-state index in [1.807, 2.05) is 13.0 Å². The molecule has 1 rings (SSSR count). The van der Waals surface area contributed by atoms with Gasteiger partial charge in [-0.05, 0) is 30.7 Å². The lowest BCUT2D eigenvalue weighted by Crippen LogP contribution is -2.39. The number of nitrogens with one attached hydrogen (secondary N) is 2. The molecule has 0 unspecified atom stereocenters. The van der Waals surface area contributed by atoms with Gasteiger partial charge in [-0.2, -0.15) is 5.26 Å². The van der Waals surface area contributed by atoms with Crippen molar-refractivity contribution in [2.24, 2.45) is 0 Å². The highest BCUT2D eigenvalue weighted by atomic mass is 16.5. The van der Waals surface area contributed by atoms with Gasteiger partial charge >= 0.3 is 0 Å². The van der Waals surface area contributed by atoms with Gasteiger partial charge in [0.05, 0.1) is 18.2 Å². The molecule has 20 heavy (non-hydrogen) atoms. The molecule has 2 amide bonds. The third kappa shape index (κ3) is 5.87. The Kier molecular flexibility index (Phi) is 6.62. The smallest absolute Gasteiger partial charge is 0.258 e. The first-order valence-electron chi connectivity index (χ1n) is 6.32. The van der Waals surface area contributed by atoms with Gasteiger partial charge in [0.1, 0.15) is 5.75 Å². The maximum absolute atomic E-state index is 11.4. The molecule has 0 aromatic heterocycles. The Morgan fingerprint density at radius 2 is 1.90 bits per heavy atom. The number of rotatable bonds is 7. The Morgan fingerprint density at radius 3 is 2.50 bits per heavy atom. The predicted octanol–water partition coefficient (Wildman–Crippen LogP) is 0.579. The van der Waals surface area contributed by atoms with Crippen LogP contribution in [0, 0.1) is 11.3 Å². The van der Waals surface area contributed by atoms with Gasteiger partial charge in [-0.3, -0.25) is 9.59 Å². The molecule has 0 aliphatic carbocycles. The minimum Gasteiger partial charge on any atom is -0.484 e. The minimum atomic E-state index is -0.374. The van der Waals surface area contributed by atoms with E-state index in [1.54, 1.807) is 24.3 Å². The molecular formula is C14H17N3O3. The number of amides is 2. The van der Waals surface area contributed by atoms with Crippen LogP contribution in [0.1, 0.15) is 18.9 Å². The molecule has 0 saturated carbocycles. The molecule has 0 aliphatic rings. The standard InChI is InChI=1S/C14H17N3O3/c1-2-7-16-13(18)9-17-14(19)10-20-12-5-3-11(8-15)4-6-12/h3-6H,2,7,9-10H2,1H3,(H,16,18)(H,17,19). The van der Waals surface area contributed by atoms with Crippen LogP contribution in [0.4, 0.5) is 0 Å². The number of hydrogen-bond donors (Lipinski definition) is 2. The molecule has 6 nitrogen and oxygen atoms in total. The Balaban J connectivity index is 2.25. The van der Waals surface area contributed by atoms with Crippen LogP contribution in [-0.4, -0.2) is 31.5 Å². The van der Waals surface area contributed by atoms with Gasteiger partial charge in [-0.25, -0.2) is 0 Å². The monoisotopic (exact) mass is 275 g/mol. The van der Waals surface area contributed by atoms with Gasteiger partial charge in [-0.1, -0.05) is 6.92 Å². The lowest BCUT2D eigenvalue weighted by atomic mass is 10.2. The number of nitriles is 1. The second-order valence-corrected chi connectivity index (χ2v) is 4.05. The maximum Gasteiger partial charge on any atom is 0.258 e. The number of benzene rings is 1. The first-order chi connectivity index (χ1) is 9.65. The largest absolute Gasteiger partial charge is 0.484 e. The van der Waals surface area contributed by atoms with Crippen molar-refractivity contribution in [3.63, 3.8) is 0 Å². The summed E-state index contributed by atoms with van der Waals surface area (Å²) in [7, 11) is 0. The van der Waals surface area contributed by atoms with E-state index in [9.17, 15) is 9.59 Å². The SMILES string of the molecule is CCCNC(=O)CNC(=O)COc1ccc(C#N)cc1. The van der Waals surface area contributed by atoms with Crippen LogP contribution in [-0.2, 0) is 9.59 Å². The highest BCUT2D eigenvalue weighted by Crippen LogP contribution is 2.10. The molecule has 6 heteroatoms. The summed E-state index contributed by atoms with van der Waals surface area (Å²) in [6.45, 7) is 2.31. The summed E-state index contributed by atoms with van der Waals surface area (Å²) in [4.78, 5) is 22.7. The molecular weight excluding hydrogens is 258 g/mol. The zero-order valence-electron chi connectivity index (χ0n) is 11.3. The van der Waals surface area contributed by atoms with E-state index >= 15 is 0 Å². The molecule has 0 aliphatic heterocycles. The Labute approximate surface area is 117 Å². The first kappa shape index (κ1) is 15.5. The average molecular weight is 275 g/mol. The summed E-state index contributed by atoms with van der Waals surface area (Å²) in [5.74, 6) is -0.103. The molecule has 1 aromatic rings. The highest BCUT2D eigenvalue weighted by molar-refractivity contribution is 5.85. The van der Waals surface area contributed by atoms with Crippen molar-refractivity contribution in [3.05, 3.63) is 29.8 Å². The normalized spacial score (nSPS) is 9.40. The van der Waals surface area contributed by atoms with Gasteiger partial charge in [-0.15, -0.1) is 0 Å². The average Bonchev–Trinajstić information content (AvgIpc) is 2.49. The van der Waals surface area contributed by atoms with Crippen LogP contribution in [0.2, 0.25) is 0 Å². The summed E-state index contributed by atoms with van der Waals surface area (Å²) in [5, 5.41) is 13.7. The van der Waals surface area contributed by atoms with E-state index < -0.39 is 0 Å². The van der Waals surface area contributed by atoms with Crippen LogP contribution < -0.4 is 15.4 Å². The minimum absolute atomic E-state index is 0.0600. The van der Waals surface area contributed by atoms with Crippen molar-refractivity contribution < 1.29 is 14.3 Å². The van der Waals surface area contributed by atoms with Crippen LogP contribution in [0.5, 0.6) is 5.75 Å². The van der Waals surface area contributed by atoms with Crippen molar-refractivity contribution in [1.82, 2.24) is 10.6 Å². The van der Waals surface area contributed by atoms with Crippen LogP contribution in [0.3, 0.4) is 0 Å². The maximum atomic E-state index is 11.4. The summed E-state index contributed by atoms with van der Waals surface area (Å²) in [6, 6.07) is 8.42. The van der Waals surface area contributed by atoms with E-state index in [0.717, 1.165) is 6.42 Å². The Bertz CT molecular complexity index is 491. The van der Waals surface area contributed by atoms with E-state index in [1.165, 1.54) is 0 Å². The molecule has 106 valence electrons. The number of carbonyl (C=O) groups excluding carboxylic acids is 2.